The molecule has 0 spiro atoms. The number of halogens is 1. The third-order valence-corrected chi connectivity index (χ3v) is 3.97. The number of anilines is 1. The van der Waals surface area contributed by atoms with E-state index in [4.69, 9.17) is 11.6 Å². The molecule has 1 aliphatic rings. The van der Waals surface area contributed by atoms with Crippen molar-refractivity contribution >= 4 is 17.3 Å². The molecule has 92 valence electrons. The molecule has 0 aromatic heterocycles. The van der Waals surface area contributed by atoms with Crippen molar-refractivity contribution in [2.75, 3.05) is 11.9 Å². The smallest absolute Gasteiger partial charge is 0.0407 e. The van der Waals surface area contributed by atoms with Crippen molar-refractivity contribution in [1.29, 1.82) is 0 Å². The molecule has 1 nitrogen and oxygen atoms in total. The molecule has 0 N–H and O–H groups in total. The number of likely N-dealkylation sites (N-methyl/N-ethyl adjacent to an activating group) is 1. The van der Waals surface area contributed by atoms with E-state index in [0.717, 1.165) is 5.02 Å². The molecule has 0 heterocycles. The summed E-state index contributed by atoms with van der Waals surface area (Å²) >= 11 is 5.92. The minimum atomic E-state index is 0.619. The molecule has 0 amide bonds. The quantitative estimate of drug-likeness (QED) is 0.791. The highest BCUT2D eigenvalue weighted by atomic mass is 35.5. The summed E-state index contributed by atoms with van der Waals surface area (Å²) in [4.78, 5) is 2.36. The van der Waals surface area contributed by atoms with Gasteiger partial charge in [-0.3, -0.25) is 0 Å². The molecule has 1 aliphatic carbocycles. The largest absolute Gasteiger partial charge is 0.371 e. The first-order chi connectivity index (χ1) is 8.75. The van der Waals surface area contributed by atoms with Crippen LogP contribution in [0, 0.1) is 0 Å². The Morgan fingerprint density at radius 1 is 1.00 bits per heavy atom. The Bertz CT molecular complexity index is 521. The second kappa shape index (κ2) is 4.66. The molecule has 3 rings (SSSR count). The first-order valence-corrected chi connectivity index (χ1v) is 6.67. The van der Waals surface area contributed by atoms with Gasteiger partial charge in [-0.2, -0.15) is 0 Å². The van der Waals surface area contributed by atoms with Crippen molar-refractivity contribution in [3.8, 4) is 0 Å². The van der Waals surface area contributed by atoms with E-state index < -0.39 is 0 Å². The van der Waals surface area contributed by atoms with Gasteiger partial charge in [0.2, 0.25) is 0 Å². The Kier molecular flexibility index (Phi) is 3.00. The number of benzene rings is 2. The fraction of sp³-hybridized carbons (Fsp3) is 0.250. The summed E-state index contributed by atoms with van der Waals surface area (Å²) in [6, 6.07) is 19.4. The summed E-state index contributed by atoms with van der Waals surface area (Å²) < 4.78 is 0. The van der Waals surface area contributed by atoms with Gasteiger partial charge in [-0.15, -0.1) is 0 Å². The Morgan fingerprint density at radius 3 is 2.33 bits per heavy atom. The zero-order valence-electron chi connectivity index (χ0n) is 10.4. The first-order valence-electron chi connectivity index (χ1n) is 6.29. The number of hydrogen-bond donors (Lipinski definition) is 0. The van der Waals surface area contributed by atoms with Crippen LogP contribution >= 0.6 is 11.6 Å². The molecule has 2 aromatic carbocycles. The molecule has 0 radical (unpaired) electrons. The lowest BCUT2D eigenvalue weighted by Gasteiger charge is -2.19. The van der Waals surface area contributed by atoms with E-state index in [0.29, 0.717) is 12.0 Å². The van der Waals surface area contributed by atoms with E-state index >= 15 is 0 Å². The number of rotatable bonds is 3. The van der Waals surface area contributed by atoms with Gasteiger partial charge in [-0.1, -0.05) is 41.9 Å². The lowest BCUT2D eigenvalue weighted by atomic mass is 10.1. The normalized spacial score (nSPS) is 21.7. The molecule has 18 heavy (non-hydrogen) atoms. The van der Waals surface area contributed by atoms with Gasteiger partial charge in [0, 0.05) is 29.7 Å². The molecule has 0 saturated heterocycles. The van der Waals surface area contributed by atoms with Crippen molar-refractivity contribution in [2.45, 2.75) is 18.4 Å². The molecule has 2 heteroatoms. The first kappa shape index (κ1) is 11.6. The third-order valence-electron chi connectivity index (χ3n) is 3.72. The highest BCUT2D eigenvalue weighted by Crippen LogP contribution is 2.45. The summed E-state index contributed by atoms with van der Waals surface area (Å²) in [5.74, 6) is 0.673. The van der Waals surface area contributed by atoms with Crippen LogP contribution < -0.4 is 4.90 Å². The van der Waals surface area contributed by atoms with Crippen LogP contribution in [-0.4, -0.2) is 13.1 Å². The van der Waals surface area contributed by atoms with Gasteiger partial charge in [0.05, 0.1) is 0 Å². The molecule has 1 fully saturated rings. The van der Waals surface area contributed by atoms with E-state index in [1.807, 2.05) is 12.1 Å². The van der Waals surface area contributed by atoms with Crippen LogP contribution in [0.3, 0.4) is 0 Å². The van der Waals surface area contributed by atoms with Crippen LogP contribution in [0.1, 0.15) is 17.9 Å². The van der Waals surface area contributed by atoms with Crippen LogP contribution in [0.5, 0.6) is 0 Å². The predicted molar refractivity (Wildman–Crippen MR) is 77.4 cm³/mol. The van der Waals surface area contributed by atoms with Crippen LogP contribution in [-0.2, 0) is 0 Å². The van der Waals surface area contributed by atoms with Gasteiger partial charge in [-0.25, -0.2) is 0 Å². The Balaban J connectivity index is 1.73. The van der Waals surface area contributed by atoms with E-state index in [1.165, 1.54) is 17.7 Å². The van der Waals surface area contributed by atoms with Gasteiger partial charge in [0.25, 0.3) is 0 Å². The standard InChI is InChI=1S/C16H16ClN/c1-18(14-9-7-13(17)8-10-14)16-11-15(16)12-5-3-2-4-6-12/h2-10,15-16H,11H2,1H3/t15-,16+/m1/s1. The maximum absolute atomic E-state index is 5.92. The summed E-state index contributed by atoms with van der Waals surface area (Å²) in [6.07, 6.45) is 1.24. The molecule has 0 bridgehead atoms. The fourth-order valence-electron chi connectivity index (χ4n) is 2.54. The average molecular weight is 258 g/mol. The van der Waals surface area contributed by atoms with Gasteiger partial charge in [0.15, 0.2) is 0 Å². The van der Waals surface area contributed by atoms with Gasteiger partial charge in [0.1, 0.15) is 0 Å². The lowest BCUT2D eigenvalue weighted by molar-refractivity contribution is 0.880. The Morgan fingerprint density at radius 2 is 1.67 bits per heavy atom. The van der Waals surface area contributed by atoms with E-state index in [-0.39, 0.29) is 0 Å². The zero-order valence-corrected chi connectivity index (χ0v) is 11.1. The van der Waals surface area contributed by atoms with Crippen LogP contribution in [0.25, 0.3) is 0 Å². The van der Waals surface area contributed by atoms with Crippen LogP contribution in [0.2, 0.25) is 5.02 Å². The van der Waals surface area contributed by atoms with E-state index in [1.54, 1.807) is 0 Å². The number of hydrogen-bond acceptors (Lipinski definition) is 1. The minimum absolute atomic E-state index is 0.619. The summed E-state index contributed by atoms with van der Waals surface area (Å²) in [7, 11) is 2.16. The molecule has 2 atom stereocenters. The van der Waals surface area contributed by atoms with Gasteiger partial charge < -0.3 is 4.90 Å². The summed E-state index contributed by atoms with van der Waals surface area (Å²) in [5.41, 5.74) is 2.69. The Labute approximate surface area is 113 Å². The van der Waals surface area contributed by atoms with Crippen molar-refractivity contribution < 1.29 is 0 Å². The van der Waals surface area contributed by atoms with Crippen molar-refractivity contribution in [3.63, 3.8) is 0 Å². The highest BCUT2D eigenvalue weighted by molar-refractivity contribution is 6.30. The SMILES string of the molecule is CN(c1ccc(Cl)cc1)[C@H]1C[C@@H]1c1ccccc1. The lowest BCUT2D eigenvalue weighted by Crippen LogP contribution is -2.20. The monoisotopic (exact) mass is 257 g/mol. The zero-order chi connectivity index (χ0) is 12.5. The van der Waals surface area contributed by atoms with Crippen LogP contribution in [0.15, 0.2) is 54.6 Å². The van der Waals surface area contributed by atoms with Crippen LogP contribution in [0.4, 0.5) is 5.69 Å². The maximum atomic E-state index is 5.92. The molecular formula is C16H16ClN. The maximum Gasteiger partial charge on any atom is 0.0407 e. The van der Waals surface area contributed by atoms with Crippen molar-refractivity contribution in [1.82, 2.24) is 0 Å². The molecule has 2 aromatic rings. The second-order valence-corrected chi connectivity index (χ2v) is 5.34. The fourth-order valence-corrected chi connectivity index (χ4v) is 2.66. The van der Waals surface area contributed by atoms with E-state index in [2.05, 4.69) is 54.4 Å². The van der Waals surface area contributed by atoms with E-state index in [9.17, 15) is 0 Å². The molecule has 0 aliphatic heterocycles. The minimum Gasteiger partial charge on any atom is -0.371 e. The molecule has 0 unspecified atom stereocenters. The highest BCUT2D eigenvalue weighted by Gasteiger charge is 2.41. The number of nitrogens with zero attached hydrogens (tertiary/aromatic N) is 1. The summed E-state index contributed by atoms with van der Waals surface area (Å²) in [6.45, 7) is 0. The molecule has 1 saturated carbocycles. The average Bonchev–Trinajstić information content (AvgIpc) is 3.20. The molecular weight excluding hydrogens is 242 g/mol. The predicted octanol–water partition coefficient (Wildman–Crippen LogP) is 4.33. The van der Waals surface area contributed by atoms with Crippen molar-refractivity contribution in [3.05, 3.63) is 65.2 Å². The summed E-state index contributed by atoms with van der Waals surface area (Å²) in [5, 5.41) is 0.794. The van der Waals surface area contributed by atoms with Gasteiger partial charge >= 0.3 is 0 Å². The Hall–Kier alpha value is -1.47. The van der Waals surface area contributed by atoms with Gasteiger partial charge in [-0.05, 0) is 36.2 Å². The topological polar surface area (TPSA) is 3.24 Å². The third kappa shape index (κ3) is 2.23. The van der Waals surface area contributed by atoms with Crippen molar-refractivity contribution in [2.24, 2.45) is 0 Å². The second-order valence-electron chi connectivity index (χ2n) is 4.91.